The molecule has 0 saturated heterocycles. The topological polar surface area (TPSA) is 88.1 Å². The molecular formula is C18H32O7. The van der Waals surface area contributed by atoms with Crippen molar-refractivity contribution in [2.24, 2.45) is 0 Å². The smallest absolute Gasteiger partial charge is 0.469 e. The summed E-state index contributed by atoms with van der Waals surface area (Å²) in [4.78, 5) is 33.6. The standard InChI is InChI=1S/C18H32O7/c1-4-23-18(21)25-15(2)24-17(20)14-12-10-8-6-5-7-9-11-13-16(19)22-3/h15H,4-14H2,1-3H3. The highest BCUT2D eigenvalue weighted by Gasteiger charge is 2.14. The molecule has 0 amide bonds. The Morgan fingerprint density at radius 2 is 1.24 bits per heavy atom. The van der Waals surface area contributed by atoms with E-state index in [-0.39, 0.29) is 18.5 Å². The van der Waals surface area contributed by atoms with E-state index >= 15 is 0 Å². The first-order valence-electron chi connectivity index (χ1n) is 9.09. The van der Waals surface area contributed by atoms with Gasteiger partial charge < -0.3 is 18.9 Å². The number of hydrogen-bond donors (Lipinski definition) is 0. The molecule has 0 radical (unpaired) electrons. The van der Waals surface area contributed by atoms with Crippen molar-refractivity contribution in [3.8, 4) is 0 Å². The van der Waals surface area contributed by atoms with Gasteiger partial charge in [0.1, 0.15) is 0 Å². The van der Waals surface area contributed by atoms with E-state index in [0.717, 1.165) is 51.4 Å². The molecule has 1 unspecified atom stereocenters. The molecule has 146 valence electrons. The first-order chi connectivity index (χ1) is 12.0. The number of rotatable bonds is 14. The molecule has 25 heavy (non-hydrogen) atoms. The lowest BCUT2D eigenvalue weighted by atomic mass is 10.1. The average Bonchev–Trinajstić information content (AvgIpc) is 2.56. The van der Waals surface area contributed by atoms with Gasteiger partial charge in [-0.3, -0.25) is 9.59 Å². The van der Waals surface area contributed by atoms with Crippen LogP contribution in [0.2, 0.25) is 0 Å². The Labute approximate surface area is 150 Å². The van der Waals surface area contributed by atoms with Gasteiger partial charge >= 0.3 is 18.1 Å². The fraction of sp³-hybridized carbons (Fsp3) is 0.833. The third kappa shape index (κ3) is 15.5. The van der Waals surface area contributed by atoms with E-state index in [1.807, 2.05) is 0 Å². The van der Waals surface area contributed by atoms with Crippen LogP contribution in [0.5, 0.6) is 0 Å². The minimum atomic E-state index is -0.934. The minimum Gasteiger partial charge on any atom is -0.469 e. The molecule has 0 spiro atoms. The van der Waals surface area contributed by atoms with Crippen LogP contribution in [-0.2, 0) is 28.5 Å². The number of carbonyl (C=O) groups is 3. The molecule has 0 fully saturated rings. The third-order valence-electron chi connectivity index (χ3n) is 3.56. The molecule has 0 aromatic carbocycles. The fourth-order valence-electron chi connectivity index (χ4n) is 2.26. The molecule has 0 aliphatic rings. The molecule has 7 nitrogen and oxygen atoms in total. The zero-order chi connectivity index (χ0) is 18.9. The Morgan fingerprint density at radius 1 is 0.760 bits per heavy atom. The Hall–Kier alpha value is -1.79. The highest BCUT2D eigenvalue weighted by atomic mass is 16.8. The van der Waals surface area contributed by atoms with Gasteiger partial charge in [-0.25, -0.2) is 4.79 Å². The number of hydrogen-bond acceptors (Lipinski definition) is 7. The molecule has 1 atom stereocenters. The Bertz CT molecular complexity index is 382. The van der Waals surface area contributed by atoms with Gasteiger partial charge in [0.25, 0.3) is 0 Å². The molecule has 0 saturated carbocycles. The van der Waals surface area contributed by atoms with Crippen molar-refractivity contribution in [3.63, 3.8) is 0 Å². The molecule has 7 heteroatoms. The Morgan fingerprint density at radius 3 is 1.72 bits per heavy atom. The second kappa shape index (κ2) is 15.7. The molecule has 0 aromatic heterocycles. The highest BCUT2D eigenvalue weighted by molar-refractivity contribution is 5.69. The monoisotopic (exact) mass is 360 g/mol. The number of methoxy groups -OCH3 is 1. The summed E-state index contributed by atoms with van der Waals surface area (Å²) in [6.07, 6.45) is 7.12. The summed E-state index contributed by atoms with van der Waals surface area (Å²) in [6.45, 7) is 3.36. The molecule has 0 aliphatic carbocycles. The molecule has 0 aliphatic heterocycles. The average molecular weight is 360 g/mol. The summed E-state index contributed by atoms with van der Waals surface area (Å²) in [5, 5.41) is 0. The van der Waals surface area contributed by atoms with Gasteiger partial charge in [0.05, 0.1) is 13.7 Å². The van der Waals surface area contributed by atoms with E-state index in [1.165, 1.54) is 14.0 Å². The van der Waals surface area contributed by atoms with E-state index < -0.39 is 12.4 Å². The van der Waals surface area contributed by atoms with E-state index in [4.69, 9.17) is 9.47 Å². The first-order valence-corrected chi connectivity index (χ1v) is 9.09. The fourth-order valence-corrected chi connectivity index (χ4v) is 2.26. The van der Waals surface area contributed by atoms with Gasteiger partial charge in [0.2, 0.25) is 6.29 Å². The number of ether oxygens (including phenoxy) is 4. The van der Waals surface area contributed by atoms with Crippen LogP contribution in [0.4, 0.5) is 4.79 Å². The Balaban J connectivity index is 3.42. The molecular weight excluding hydrogens is 328 g/mol. The predicted molar refractivity (Wildman–Crippen MR) is 91.8 cm³/mol. The van der Waals surface area contributed by atoms with Crippen molar-refractivity contribution in [1.29, 1.82) is 0 Å². The second-order valence-electron chi connectivity index (χ2n) is 5.76. The quantitative estimate of drug-likeness (QED) is 0.199. The van der Waals surface area contributed by atoms with Crippen LogP contribution in [-0.4, -0.2) is 38.1 Å². The zero-order valence-corrected chi connectivity index (χ0v) is 15.7. The summed E-state index contributed by atoms with van der Waals surface area (Å²) >= 11 is 0. The lowest BCUT2D eigenvalue weighted by Crippen LogP contribution is -2.22. The number of esters is 2. The normalized spacial score (nSPS) is 11.5. The van der Waals surface area contributed by atoms with Crippen LogP contribution < -0.4 is 0 Å². The van der Waals surface area contributed by atoms with Crippen LogP contribution in [0.25, 0.3) is 0 Å². The lowest BCUT2D eigenvalue weighted by molar-refractivity contribution is -0.168. The molecule has 0 aromatic rings. The second-order valence-corrected chi connectivity index (χ2v) is 5.76. The van der Waals surface area contributed by atoms with Crippen LogP contribution in [0, 0.1) is 0 Å². The summed E-state index contributed by atoms with van der Waals surface area (Å²) in [7, 11) is 1.41. The summed E-state index contributed by atoms with van der Waals surface area (Å²) in [6, 6.07) is 0. The van der Waals surface area contributed by atoms with Crippen LogP contribution in [0.1, 0.15) is 78.1 Å². The molecule has 0 N–H and O–H groups in total. The van der Waals surface area contributed by atoms with Crippen molar-refractivity contribution in [2.75, 3.05) is 13.7 Å². The van der Waals surface area contributed by atoms with Gasteiger partial charge in [-0.05, 0) is 19.8 Å². The van der Waals surface area contributed by atoms with Crippen molar-refractivity contribution in [3.05, 3.63) is 0 Å². The number of carbonyl (C=O) groups excluding carboxylic acids is 3. The van der Waals surface area contributed by atoms with E-state index in [1.54, 1.807) is 6.92 Å². The van der Waals surface area contributed by atoms with Gasteiger partial charge in [0, 0.05) is 19.8 Å². The van der Waals surface area contributed by atoms with Crippen LogP contribution in [0.3, 0.4) is 0 Å². The molecule has 0 rings (SSSR count). The van der Waals surface area contributed by atoms with E-state index in [0.29, 0.717) is 12.8 Å². The summed E-state index contributed by atoms with van der Waals surface area (Å²) < 4.78 is 18.9. The van der Waals surface area contributed by atoms with Gasteiger partial charge in [-0.15, -0.1) is 0 Å². The third-order valence-corrected chi connectivity index (χ3v) is 3.56. The summed E-state index contributed by atoms with van der Waals surface area (Å²) in [5.41, 5.74) is 0. The maximum atomic E-state index is 11.6. The minimum absolute atomic E-state index is 0.145. The van der Waals surface area contributed by atoms with Gasteiger partial charge in [-0.1, -0.05) is 38.5 Å². The highest BCUT2D eigenvalue weighted by Crippen LogP contribution is 2.11. The molecule has 0 bridgehead atoms. The predicted octanol–water partition coefficient (Wildman–Crippen LogP) is 4.12. The van der Waals surface area contributed by atoms with Crippen molar-refractivity contribution in [2.45, 2.75) is 84.3 Å². The number of unbranched alkanes of at least 4 members (excludes halogenated alkanes) is 7. The van der Waals surface area contributed by atoms with Crippen molar-refractivity contribution < 1.29 is 33.3 Å². The van der Waals surface area contributed by atoms with Crippen molar-refractivity contribution in [1.82, 2.24) is 0 Å². The van der Waals surface area contributed by atoms with Crippen molar-refractivity contribution >= 4 is 18.1 Å². The van der Waals surface area contributed by atoms with E-state index in [2.05, 4.69) is 9.47 Å². The van der Waals surface area contributed by atoms with Gasteiger partial charge in [0.15, 0.2) is 0 Å². The first kappa shape index (κ1) is 23.2. The van der Waals surface area contributed by atoms with E-state index in [9.17, 15) is 14.4 Å². The maximum Gasteiger partial charge on any atom is 0.511 e. The van der Waals surface area contributed by atoms with Gasteiger partial charge in [-0.2, -0.15) is 0 Å². The summed E-state index contributed by atoms with van der Waals surface area (Å²) in [5.74, 6) is -0.520. The Kier molecular flexibility index (Phi) is 14.6. The van der Waals surface area contributed by atoms with Crippen LogP contribution in [0.15, 0.2) is 0 Å². The maximum absolute atomic E-state index is 11.6. The molecule has 0 heterocycles. The SMILES string of the molecule is CCOC(=O)OC(C)OC(=O)CCCCCCCCCCC(=O)OC. The van der Waals surface area contributed by atoms with Crippen LogP contribution >= 0.6 is 0 Å². The zero-order valence-electron chi connectivity index (χ0n) is 15.7. The lowest BCUT2D eigenvalue weighted by Gasteiger charge is -2.13. The largest absolute Gasteiger partial charge is 0.511 e.